The van der Waals surface area contributed by atoms with E-state index in [1.165, 1.54) is 0 Å². The van der Waals surface area contributed by atoms with Crippen LogP contribution in [-0.4, -0.2) is 97.4 Å². The van der Waals surface area contributed by atoms with E-state index < -0.39 is 5.41 Å². The van der Waals surface area contributed by atoms with Crippen LogP contribution in [0.25, 0.3) is 0 Å². The van der Waals surface area contributed by atoms with E-state index in [2.05, 4.69) is 5.32 Å². The van der Waals surface area contributed by atoms with Crippen molar-refractivity contribution < 1.29 is 28.7 Å². The van der Waals surface area contributed by atoms with Crippen molar-refractivity contribution in [2.45, 2.75) is 38.5 Å². The Labute approximate surface area is 262 Å². The van der Waals surface area contributed by atoms with Gasteiger partial charge in [0, 0.05) is 74.0 Å². The van der Waals surface area contributed by atoms with Crippen molar-refractivity contribution >= 4 is 35.2 Å². The van der Waals surface area contributed by atoms with Crippen LogP contribution in [0.15, 0.2) is 42.5 Å². The molecule has 2 aromatic carbocycles. The summed E-state index contributed by atoms with van der Waals surface area (Å²) in [6, 6.07) is 13.0. The normalized spacial score (nSPS) is 24.1. The molecule has 5 aliphatic rings. The van der Waals surface area contributed by atoms with Gasteiger partial charge in [-0.05, 0) is 43.0 Å². The molecule has 11 heteroatoms. The Bertz CT molecular complexity index is 1430. The number of rotatable bonds is 3. The second kappa shape index (κ2) is 12.7. The summed E-state index contributed by atoms with van der Waals surface area (Å²) in [5.74, 6) is 0.894. The minimum Gasteiger partial charge on any atom is -0.490 e. The van der Waals surface area contributed by atoms with Crippen molar-refractivity contribution in [3.05, 3.63) is 58.6 Å². The third kappa shape index (κ3) is 6.22. The standard InChI is InChI=1S/C33H39ClN4O6/c1-22(39)36-13-10-24(11-14-36)32(42)38-17-27-26-4-2-5-28-31(26)44-21-33(27,20-38)19-35-29(40)18-37(12-3-15-43-28)30(41)16-23-6-8-25(34)9-7-23/h2,4-9,24,27H,3,10-21H2,1H3,(H,35,40)/t27-,33+/m0/s1. The quantitative estimate of drug-likeness (QED) is 0.564. The number of likely N-dealkylation sites (tertiary alicyclic amines) is 2. The second-order valence-corrected chi connectivity index (χ2v) is 12.9. The topological polar surface area (TPSA) is 108 Å². The Balaban J connectivity index is 1.21. The number of hydrogen-bond donors (Lipinski definition) is 1. The average molecular weight is 623 g/mol. The summed E-state index contributed by atoms with van der Waals surface area (Å²) < 4.78 is 12.5. The van der Waals surface area contributed by atoms with Crippen LogP contribution in [-0.2, 0) is 25.6 Å². The SMILES string of the molecule is CC(=O)N1CCC(C(=O)N2C[C@H]3c4cccc5c4OC[C@@]3(CNC(=O)CN(C(=O)Cc3ccc(Cl)cc3)CCCO5)C2)CC1. The van der Waals surface area contributed by atoms with Crippen LogP contribution in [0.3, 0.4) is 0 Å². The number of ether oxygens (including phenoxy) is 2. The fourth-order valence-electron chi connectivity index (χ4n) is 7.05. The maximum Gasteiger partial charge on any atom is 0.239 e. The van der Waals surface area contributed by atoms with Crippen LogP contribution in [0, 0.1) is 11.3 Å². The molecular formula is C33H39ClN4O6. The summed E-state index contributed by atoms with van der Waals surface area (Å²) >= 11 is 6.01. The van der Waals surface area contributed by atoms with Crippen molar-refractivity contribution in [2.75, 3.05) is 59.0 Å². The number of para-hydroxylation sites is 1. The lowest BCUT2D eigenvalue weighted by molar-refractivity contribution is -0.139. The highest BCUT2D eigenvalue weighted by Gasteiger charge is 2.53. The van der Waals surface area contributed by atoms with Gasteiger partial charge in [-0.25, -0.2) is 0 Å². The third-order valence-corrected chi connectivity index (χ3v) is 9.81. The molecule has 44 heavy (non-hydrogen) atoms. The number of carbonyl (C=O) groups excluding carboxylic acids is 4. The second-order valence-electron chi connectivity index (χ2n) is 12.5. The number of nitrogens with one attached hydrogen (secondary N) is 1. The molecule has 1 spiro atoms. The van der Waals surface area contributed by atoms with Crippen LogP contribution < -0.4 is 14.8 Å². The van der Waals surface area contributed by atoms with Crippen molar-refractivity contribution in [3.63, 3.8) is 0 Å². The molecule has 0 radical (unpaired) electrons. The fourth-order valence-corrected chi connectivity index (χ4v) is 7.18. The molecule has 2 atom stereocenters. The zero-order valence-corrected chi connectivity index (χ0v) is 25.8. The maximum absolute atomic E-state index is 13.8. The summed E-state index contributed by atoms with van der Waals surface area (Å²) in [5.41, 5.74) is 1.29. The lowest BCUT2D eigenvalue weighted by atomic mass is 9.73. The van der Waals surface area contributed by atoms with E-state index in [1.807, 2.05) is 35.2 Å². The summed E-state index contributed by atoms with van der Waals surface area (Å²) in [4.78, 5) is 57.6. The molecular weight excluding hydrogens is 584 g/mol. The molecule has 1 N–H and O–H groups in total. The summed E-state index contributed by atoms with van der Waals surface area (Å²) in [6.45, 7) is 5.01. The third-order valence-electron chi connectivity index (χ3n) is 9.56. The predicted octanol–water partition coefficient (Wildman–Crippen LogP) is 2.87. The molecule has 2 aromatic rings. The van der Waals surface area contributed by atoms with E-state index in [9.17, 15) is 19.2 Å². The average Bonchev–Trinajstić information content (AvgIpc) is 3.42. The van der Waals surface area contributed by atoms with Gasteiger partial charge in [0.05, 0.1) is 26.2 Å². The van der Waals surface area contributed by atoms with E-state index in [1.54, 1.807) is 28.9 Å². The van der Waals surface area contributed by atoms with Crippen LogP contribution in [0.5, 0.6) is 11.5 Å². The lowest BCUT2D eigenvalue weighted by Gasteiger charge is -2.40. The number of nitrogens with zero attached hydrogens (tertiary/aromatic N) is 3. The largest absolute Gasteiger partial charge is 0.490 e. The van der Waals surface area contributed by atoms with E-state index >= 15 is 0 Å². The predicted molar refractivity (Wildman–Crippen MR) is 164 cm³/mol. The molecule has 7 rings (SSSR count). The number of carbonyl (C=O) groups is 4. The molecule has 0 saturated carbocycles. The van der Waals surface area contributed by atoms with Crippen LogP contribution >= 0.6 is 11.6 Å². The summed E-state index contributed by atoms with van der Waals surface area (Å²) in [5, 5.41) is 3.71. The Morgan fingerprint density at radius 1 is 1.00 bits per heavy atom. The molecule has 2 saturated heterocycles. The van der Waals surface area contributed by atoms with E-state index in [4.69, 9.17) is 21.1 Å². The Kier molecular flexibility index (Phi) is 8.71. The van der Waals surface area contributed by atoms with Gasteiger partial charge in [0.1, 0.15) is 0 Å². The molecule has 5 heterocycles. The Morgan fingerprint density at radius 2 is 1.77 bits per heavy atom. The number of fused-ring (bicyclic) bond motifs is 9. The van der Waals surface area contributed by atoms with Crippen molar-refractivity contribution in [1.29, 1.82) is 0 Å². The first-order valence-corrected chi connectivity index (χ1v) is 15.8. The van der Waals surface area contributed by atoms with Gasteiger partial charge in [-0.1, -0.05) is 35.9 Å². The maximum atomic E-state index is 13.8. The van der Waals surface area contributed by atoms with Crippen LogP contribution in [0.2, 0.25) is 5.02 Å². The first kappa shape index (κ1) is 30.2. The fraction of sp³-hybridized carbons (Fsp3) is 0.515. The van der Waals surface area contributed by atoms with Gasteiger partial charge in [0.2, 0.25) is 23.6 Å². The Morgan fingerprint density at radius 3 is 2.52 bits per heavy atom. The number of halogens is 1. The minimum absolute atomic E-state index is 0.0405. The first-order chi connectivity index (χ1) is 21.2. The summed E-state index contributed by atoms with van der Waals surface area (Å²) in [7, 11) is 0. The van der Waals surface area contributed by atoms with Gasteiger partial charge < -0.3 is 29.5 Å². The number of benzene rings is 2. The van der Waals surface area contributed by atoms with Crippen LogP contribution in [0.4, 0.5) is 0 Å². The number of hydrogen-bond acceptors (Lipinski definition) is 6. The monoisotopic (exact) mass is 622 g/mol. The highest BCUT2D eigenvalue weighted by molar-refractivity contribution is 6.30. The van der Waals surface area contributed by atoms with Gasteiger partial charge in [-0.2, -0.15) is 0 Å². The van der Waals surface area contributed by atoms with Gasteiger partial charge in [0.25, 0.3) is 0 Å². The van der Waals surface area contributed by atoms with Crippen LogP contribution in [0.1, 0.15) is 43.2 Å². The molecule has 234 valence electrons. The molecule has 4 amide bonds. The highest BCUT2D eigenvalue weighted by Crippen LogP contribution is 2.52. The smallest absolute Gasteiger partial charge is 0.239 e. The number of piperidine rings is 1. The lowest BCUT2D eigenvalue weighted by Crippen LogP contribution is -2.51. The molecule has 2 fully saturated rings. The van der Waals surface area contributed by atoms with Crippen molar-refractivity contribution in [1.82, 2.24) is 20.0 Å². The zero-order chi connectivity index (χ0) is 30.8. The van der Waals surface area contributed by atoms with Gasteiger partial charge in [-0.3, -0.25) is 19.2 Å². The molecule has 0 aromatic heterocycles. The van der Waals surface area contributed by atoms with Gasteiger partial charge in [-0.15, -0.1) is 0 Å². The van der Waals surface area contributed by atoms with Gasteiger partial charge in [0.15, 0.2) is 11.5 Å². The number of amides is 4. The van der Waals surface area contributed by atoms with E-state index in [0.717, 1.165) is 11.1 Å². The Hall–Kier alpha value is -3.79. The van der Waals surface area contributed by atoms with E-state index in [0.29, 0.717) is 88.3 Å². The minimum atomic E-state index is -0.528. The van der Waals surface area contributed by atoms with Crippen molar-refractivity contribution in [2.24, 2.45) is 11.3 Å². The molecule has 4 bridgehead atoms. The zero-order valence-electron chi connectivity index (χ0n) is 25.1. The molecule has 10 nitrogen and oxygen atoms in total. The summed E-state index contributed by atoms with van der Waals surface area (Å²) in [6.07, 6.45) is 2.00. The highest BCUT2D eigenvalue weighted by atomic mass is 35.5. The molecule has 0 aliphatic carbocycles. The van der Waals surface area contributed by atoms with E-state index in [-0.39, 0.29) is 48.4 Å². The molecule has 0 unspecified atom stereocenters. The first-order valence-electron chi connectivity index (χ1n) is 15.4. The van der Waals surface area contributed by atoms with Crippen molar-refractivity contribution in [3.8, 4) is 11.5 Å². The van der Waals surface area contributed by atoms with Gasteiger partial charge >= 0.3 is 0 Å². The molecule has 5 aliphatic heterocycles.